The standard InChI is InChI=1S/C18H15N5O2S/c1-25-15-8-4-13(5-9-15)11-20-17-22-23-18(26-17)21-16(24)14-6-2-12(10-19)3-7-14/h2-9H,11H2,1H3,(H,20,22)(H,21,23,24). The zero-order valence-corrected chi connectivity index (χ0v) is 14.7. The van der Waals surface area contributed by atoms with Crippen molar-refractivity contribution in [3.05, 3.63) is 65.2 Å². The first-order chi connectivity index (χ1) is 12.7. The predicted octanol–water partition coefficient (Wildman–Crippen LogP) is 3.28. The van der Waals surface area contributed by atoms with Crippen LogP contribution >= 0.6 is 11.3 Å². The van der Waals surface area contributed by atoms with Crippen molar-refractivity contribution in [2.45, 2.75) is 6.54 Å². The van der Waals surface area contributed by atoms with E-state index in [-0.39, 0.29) is 5.91 Å². The summed E-state index contributed by atoms with van der Waals surface area (Å²) in [5, 5.41) is 23.6. The Morgan fingerprint density at radius 2 is 1.81 bits per heavy atom. The third kappa shape index (κ3) is 4.34. The number of nitriles is 1. The third-order valence-electron chi connectivity index (χ3n) is 3.52. The first-order valence-corrected chi connectivity index (χ1v) is 8.51. The molecule has 0 atom stereocenters. The lowest BCUT2D eigenvalue weighted by molar-refractivity contribution is 0.102. The molecule has 0 spiro atoms. The van der Waals surface area contributed by atoms with Gasteiger partial charge in [-0.05, 0) is 42.0 Å². The fourth-order valence-electron chi connectivity index (χ4n) is 2.13. The van der Waals surface area contributed by atoms with Gasteiger partial charge in [-0.3, -0.25) is 10.1 Å². The molecule has 1 amide bonds. The van der Waals surface area contributed by atoms with E-state index >= 15 is 0 Å². The van der Waals surface area contributed by atoms with Crippen molar-refractivity contribution in [1.29, 1.82) is 5.26 Å². The summed E-state index contributed by atoms with van der Waals surface area (Å²) in [6.07, 6.45) is 0. The Kier molecular flexibility index (Phi) is 5.41. The molecule has 0 aliphatic carbocycles. The molecule has 0 aliphatic rings. The number of rotatable bonds is 6. The Hall–Kier alpha value is -3.44. The highest BCUT2D eigenvalue weighted by molar-refractivity contribution is 7.19. The number of ether oxygens (including phenoxy) is 1. The molecule has 7 nitrogen and oxygen atoms in total. The molecular formula is C18H15N5O2S. The molecule has 0 aliphatic heterocycles. The van der Waals surface area contributed by atoms with E-state index in [9.17, 15) is 4.79 Å². The highest BCUT2D eigenvalue weighted by atomic mass is 32.1. The van der Waals surface area contributed by atoms with Gasteiger partial charge < -0.3 is 10.1 Å². The van der Waals surface area contributed by atoms with Crippen LogP contribution in [-0.4, -0.2) is 23.2 Å². The second-order valence-corrected chi connectivity index (χ2v) is 6.23. The smallest absolute Gasteiger partial charge is 0.257 e. The summed E-state index contributed by atoms with van der Waals surface area (Å²) in [6.45, 7) is 0.586. The molecule has 2 aromatic carbocycles. The van der Waals surface area contributed by atoms with Crippen molar-refractivity contribution < 1.29 is 9.53 Å². The minimum absolute atomic E-state index is 0.299. The molecule has 26 heavy (non-hydrogen) atoms. The zero-order valence-electron chi connectivity index (χ0n) is 13.9. The Morgan fingerprint density at radius 1 is 1.12 bits per heavy atom. The SMILES string of the molecule is COc1ccc(CNc2nnc(NC(=O)c3ccc(C#N)cc3)s2)cc1. The van der Waals surface area contributed by atoms with Crippen LogP contribution < -0.4 is 15.4 Å². The molecule has 3 rings (SSSR count). The molecule has 0 saturated carbocycles. The Labute approximate surface area is 154 Å². The molecule has 8 heteroatoms. The molecule has 0 saturated heterocycles. The molecule has 0 unspecified atom stereocenters. The first-order valence-electron chi connectivity index (χ1n) is 7.70. The predicted molar refractivity (Wildman–Crippen MR) is 99.3 cm³/mol. The normalized spacial score (nSPS) is 10.0. The topological polar surface area (TPSA) is 99.9 Å². The van der Waals surface area contributed by atoms with Gasteiger partial charge in [0.05, 0.1) is 18.7 Å². The van der Waals surface area contributed by atoms with Crippen LogP contribution in [0.25, 0.3) is 0 Å². The van der Waals surface area contributed by atoms with E-state index in [0.29, 0.717) is 27.9 Å². The summed E-state index contributed by atoms with van der Waals surface area (Å²) in [5.41, 5.74) is 2.03. The van der Waals surface area contributed by atoms with E-state index in [0.717, 1.165) is 11.3 Å². The quantitative estimate of drug-likeness (QED) is 0.695. The van der Waals surface area contributed by atoms with E-state index < -0.39 is 0 Å². The van der Waals surface area contributed by atoms with Crippen molar-refractivity contribution in [1.82, 2.24) is 10.2 Å². The number of carbonyl (C=O) groups is 1. The second kappa shape index (κ2) is 8.09. The molecule has 2 N–H and O–H groups in total. The zero-order chi connectivity index (χ0) is 18.4. The van der Waals surface area contributed by atoms with Crippen molar-refractivity contribution in [2.75, 3.05) is 17.7 Å². The monoisotopic (exact) mass is 365 g/mol. The summed E-state index contributed by atoms with van der Waals surface area (Å²) in [5.74, 6) is 0.504. The number of amides is 1. The molecule has 1 aromatic heterocycles. The van der Waals surface area contributed by atoms with E-state index in [1.165, 1.54) is 11.3 Å². The van der Waals surface area contributed by atoms with Crippen molar-refractivity contribution in [2.24, 2.45) is 0 Å². The van der Waals surface area contributed by atoms with Crippen LogP contribution in [0, 0.1) is 11.3 Å². The van der Waals surface area contributed by atoms with Crippen molar-refractivity contribution >= 4 is 27.5 Å². The molecule has 0 radical (unpaired) electrons. The van der Waals surface area contributed by atoms with Gasteiger partial charge in [0.1, 0.15) is 5.75 Å². The molecule has 0 bridgehead atoms. The summed E-state index contributed by atoms with van der Waals surface area (Å²) in [7, 11) is 1.63. The summed E-state index contributed by atoms with van der Waals surface area (Å²) in [6, 6.07) is 16.1. The number of anilines is 2. The number of carbonyl (C=O) groups excluding carboxylic acids is 1. The minimum atomic E-state index is -0.299. The van der Waals surface area contributed by atoms with Gasteiger partial charge in [-0.1, -0.05) is 23.5 Å². The van der Waals surface area contributed by atoms with Crippen LogP contribution in [0.2, 0.25) is 0 Å². The third-order valence-corrected chi connectivity index (χ3v) is 4.32. The number of methoxy groups -OCH3 is 1. The van der Waals surface area contributed by atoms with Crippen molar-refractivity contribution in [3.63, 3.8) is 0 Å². The van der Waals surface area contributed by atoms with Crippen LogP contribution in [-0.2, 0) is 6.54 Å². The largest absolute Gasteiger partial charge is 0.497 e. The van der Waals surface area contributed by atoms with Gasteiger partial charge >= 0.3 is 0 Å². The highest BCUT2D eigenvalue weighted by Gasteiger charge is 2.10. The Morgan fingerprint density at radius 3 is 2.46 bits per heavy atom. The number of hydrogen-bond acceptors (Lipinski definition) is 7. The first kappa shape index (κ1) is 17.4. The average molecular weight is 365 g/mol. The number of hydrogen-bond donors (Lipinski definition) is 2. The second-order valence-electron chi connectivity index (χ2n) is 5.26. The van der Waals surface area contributed by atoms with Gasteiger partial charge in [-0.15, -0.1) is 10.2 Å². The van der Waals surface area contributed by atoms with E-state index in [1.54, 1.807) is 31.4 Å². The van der Waals surface area contributed by atoms with Crippen LogP contribution in [0.15, 0.2) is 48.5 Å². The van der Waals surface area contributed by atoms with Crippen LogP contribution in [0.3, 0.4) is 0 Å². The number of nitrogens with one attached hydrogen (secondary N) is 2. The number of nitrogens with zero attached hydrogens (tertiary/aromatic N) is 3. The molecule has 1 heterocycles. The molecule has 3 aromatic rings. The van der Waals surface area contributed by atoms with Crippen molar-refractivity contribution in [3.8, 4) is 11.8 Å². The molecular weight excluding hydrogens is 350 g/mol. The Balaban J connectivity index is 1.56. The fraction of sp³-hybridized carbons (Fsp3) is 0.111. The highest BCUT2D eigenvalue weighted by Crippen LogP contribution is 2.21. The minimum Gasteiger partial charge on any atom is -0.497 e. The lowest BCUT2D eigenvalue weighted by atomic mass is 10.1. The lowest BCUT2D eigenvalue weighted by Gasteiger charge is -2.04. The number of benzene rings is 2. The maximum Gasteiger partial charge on any atom is 0.257 e. The van der Waals surface area contributed by atoms with Crippen LogP contribution in [0.5, 0.6) is 5.75 Å². The summed E-state index contributed by atoms with van der Waals surface area (Å²) in [4.78, 5) is 12.2. The van der Waals surface area contributed by atoms with Gasteiger partial charge in [0, 0.05) is 12.1 Å². The van der Waals surface area contributed by atoms with E-state index in [4.69, 9.17) is 10.00 Å². The van der Waals surface area contributed by atoms with Gasteiger partial charge in [-0.2, -0.15) is 5.26 Å². The van der Waals surface area contributed by atoms with Crippen LogP contribution in [0.1, 0.15) is 21.5 Å². The summed E-state index contributed by atoms with van der Waals surface area (Å²) < 4.78 is 5.12. The van der Waals surface area contributed by atoms with Gasteiger partial charge in [0.25, 0.3) is 5.91 Å². The maximum atomic E-state index is 12.2. The van der Waals surface area contributed by atoms with E-state index in [1.807, 2.05) is 30.3 Å². The molecule has 130 valence electrons. The van der Waals surface area contributed by atoms with Gasteiger partial charge in [0.15, 0.2) is 0 Å². The van der Waals surface area contributed by atoms with Crippen LogP contribution in [0.4, 0.5) is 10.3 Å². The number of aromatic nitrogens is 2. The van der Waals surface area contributed by atoms with Gasteiger partial charge in [0.2, 0.25) is 10.3 Å². The fourth-order valence-corrected chi connectivity index (χ4v) is 2.77. The van der Waals surface area contributed by atoms with E-state index in [2.05, 4.69) is 20.8 Å². The average Bonchev–Trinajstić information content (AvgIpc) is 3.14. The lowest BCUT2D eigenvalue weighted by Crippen LogP contribution is -2.11. The van der Waals surface area contributed by atoms with Gasteiger partial charge in [-0.25, -0.2) is 0 Å². The maximum absolute atomic E-state index is 12.2. The summed E-state index contributed by atoms with van der Waals surface area (Å²) >= 11 is 1.25. The molecule has 0 fully saturated rings. The Bertz CT molecular complexity index is 929.